The van der Waals surface area contributed by atoms with E-state index in [-0.39, 0.29) is 0 Å². The third kappa shape index (κ3) is 38.1. The van der Waals surface area contributed by atoms with Crippen molar-refractivity contribution in [2.24, 2.45) is 0 Å². The van der Waals surface area contributed by atoms with Crippen molar-refractivity contribution in [2.75, 3.05) is 54.0 Å². The fourth-order valence-corrected chi connectivity index (χ4v) is 13.1. The minimum absolute atomic E-state index is 1.18. The number of hydrogen-bond acceptors (Lipinski definition) is 3. The van der Waals surface area contributed by atoms with Crippen molar-refractivity contribution >= 4 is 55.1 Å². The van der Waals surface area contributed by atoms with Gasteiger partial charge in [-0.15, -0.1) is 0 Å². The summed E-state index contributed by atoms with van der Waals surface area (Å²) in [4.78, 5) is 8.22. The van der Waals surface area contributed by atoms with Gasteiger partial charge in [0.05, 0.1) is 7.92 Å². The van der Waals surface area contributed by atoms with Crippen LogP contribution in [0.25, 0.3) is 0 Å². The van der Waals surface area contributed by atoms with Crippen molar-refractivity contribution in [3.63, 3.8) is 0 Å². The first-order valence-corrected chi connectivity index (χ1v) is 37.8. The summed E-state index contributed by atoms with van der Waals surface area (Å²) in [6.07, 6.45) is 48.8. The van der Waals surface area contributed by atoms with Crippen LogP contribution >= 0.6 is 7.92 Å². The Morgan fingerprint density at radius 1 is 0.247 bits per heavy atom. The van der Waals surface area contributed by atoms with Gasteiger partial charge in [-0.3, -0.25) is 0 Å². The Hall–Kier alpha value is -2.37. The van der Waals surface area contributed by atoms with Gasteiger partial charge in [-0.1, -0.05) is 234 Å². The molecule has 0 unspecified atom stereocenters. The Morgan fingerprint density at radius 3 is 0.545 bits per heavy atom. The van der Waals surface area contributed by atoms with Crippen LogP contribution in [0.1, 0.15) is 273 Å². The number of hydrogen-bond donors (Lipinski definition) is 0. The molecule has 0 saturated carbocycles. The van der Waals surface area contributed by atoms with Gasteiger partial charge in [0.25, 0.3) is 0 Å². The summed E-state index contributed by atoms with van der Waals surface area (Å²) in [6.45, 7) is 21.1. The van der Waals surface area contributed by atoms with Crippen LogP contribution in [0, 0.1) is 0 Å². The van der Waals surface area contributed by atoms with E-state index in [0.717, 1.165) is 0 Å². The zero-order chi connectivity index (χ0) is 56.4. The van der Waals surface area contributed by atoms with Gasteiger partial charge < -0.3 is 14.7 Å². The second-order valence-corrected chi connectivity index (χ2v) is 29.0. The van der Waals surface area contributed by atoms with Crippen LogP contribution in [0.3, 0.4) is 0 Å². The summed E-state index contributed by atoms with van der Waals surface area (Å²) in [5.41, 5.74) is 4.29. The topological polar surface area (TPSA) is 9.72 Å². The van der Waals surface area contributed by atoms with Crippen LogP contribution in [0.5, 0.6) is 0 Å². The Balaban J connectivity index is 0.00000270. The van der Waals surface area contributed by atoms with Gasteiger partial charge in [0.15, 0.2) is 0 Å². The van der Waals surface area contributed by atoms with E-state index in [4.69, 9.17) is 0 Å². The molecule has 0 aliphatic carbocycles. The third-order valence-electron chi connectivity index (χ3n) is 15.3. The molecular weight excluding hydrogens is 1050 g/mol. The summed E-state index contributed by atoms with van der Waals surface area (Å²) >= 11 is -11.1. The molecule has 0 atom stereocenters. The summed E-state index contributed by atoms with van der Waals surface area (Å²) < 4.78 is 59.4. The number of unbranched alkanes of at least 4 members (excludes halogenated alkanes) is 30. The molecule has 77 heavy (non-hydrogen) atoms. The standard InChI is InChI=1S/C66H114N3P.AsF6/c1-7-13-19-25-31-37-55-67(56-38-32-26-20-14-8-2)61-43-49-64(50-44-61)70(65-51-45-62(46-52-65)68(57-39-33-27-21-15-9-3)58-40-34-28-22-16-10-4)66-53-47-63(48-54-66)69(59-41-35-29-23-17-11-5)60-42-36-30-24-18-12-6;2-1(3,4,5,6)7/h43-54H,7-42,55-60H2,1-6H3;/q;-1/p+1. The van der Waals surface area contributed by atoms with Gasteiger partial charge in [-0.25, -0.2) is 0 Å². The van der Waals surface area contributed by atoms with Gasteiger partial charge in [0.1, 0.15) is 15.9 Å². The molecule has 0 N–H and O–H groups in total. The first-order valence-electron chi connectivity index (χ1n) is 32.0. The van der Waals surface area contributed by atoms with Gasteiger partial charge >= 0.3 is 35.0 Å². The second-order valence-electron chi connectivity index (χ2n) is 22.5. The maximum absolute atomic E-state index is 11.1. The third-order valence-corrected chi connectivity index (χ3v) is 18.0. The second kappa shape index (κ2) is 41.6. The van der Waals surface area contributed by atoms with E-state index in [1.165, 1.54) is 303 Å². The van der Waals surface area contributed by atoms with Gasteiger partial charge in [-0.05, 0) is 111 Å². The molecule has 0 spiro atoms. The number of benzene rings is 3. The predicted molar refractivity (Wildman–Crippen MR) is 336 cm³/mol. The van der Waals surface area contributed by atoms with Crippen LogP contribution in [0.4, 0.5) is 37.9 Å². The van der Waals surface area contributed by atoms with Crippen molar-refractivity contribution in [1.82, 2.24) is 0 Å². The summed E-state index contributed by atoms with van der Waals surface area (Å²) in [5.74, 6) is 0. The molecule has 0 aliphatic heterocycles. The van der Waals surface area contributed by atoms with E-state index in [0.29, 0.717) is 0 Å². The van der Waals surface area contributed by atoms with E-state index in [1.54, 1.807) is 0 Å². The number of nitrogens with zero attached hydrogens (tertiary/aromatic N) is 3. The molecule has 11 heteroatoms. The molecule has 0 fully saturated rings. The molecule has 3 aromatic rings. The molecule has 0 bridgehead atoms. The molecule has 0 radical (unpaired) electrons. The van der Waals surface area contributed by atoms with Gasteiger partial charge in [-0.2, -0.15) is 0 Å². The average molecular weight is 1170 g/mol. The van der Waals surface area contributed by atoms with E-state index in [1.807, 2.05) is 0 Å². The zero-order valence-electron chi connectivity index (χ0n) is 50.2. The Labute approximate surface area is 472 Å². The number of anilines is 3. The Bertz CT molecular complexity index is 1570. The first kappa shape index (κ1) is 70.7. The van der Waals surface area contributed by atoms with Crippen LogP contribution in [-0.4, -0.2) is 53.4 Å². The quantitative estimate of drug-likeness (QED) is 0.0241. The Morgan fingerprint density at radius 2 is 0.390 bits per heavy atom. The molecule has 3 aromatic carbocycles. The minimum atomic E-state index is -11.1. The van der Waals surface area contributed by atoms with Crippen molar-refractivity contribution < 1.29 is 20.8 Å². The summed E-state index contributed by atoms with van der Waals surface area (Å²) in [6, 6.07) is 30.2. The summed E-state index contributed by atoms with van der Waals surface area (Å²) in [5, 5.41) is 4.54. The van der Waals surface area contributed by atoms with Crippen molar-refractivity contribution in [1.29, 1.82) is 0 Å². The molecule has 0 aromatic heterocycles. The van der Waals surface area contributed by atoms with Crippen molar-refractivity contribution in [3.8, 4) is 0 Å². The van der Waals surface area contributed by atoms with E-state index in [9.17, 15) is 20.8 Å². The number of halogens is 6. The number of rotatable bonds is 48. The fourth-order valence-electron chi connectivity index (χ4n) is 10.6. The fraction of sp³-hybridized carbons (Fsp3) is 0.727. The average Bonchev–Trinajstić information content (AvgIpc) is 3.40. The molecule has 3 nitrogen and oxygen atoms in total. The molecular formula is C66H115AsF6N3P. The van der Waals surface area contributed by atoms with E-state index >= 15 is 0 Å². The van der Waals surface area contributed by atoms with Gasteiger partial charge in [0, 0.05) is 56.3 Å². The van der Waals surface area contributed by atoms with Crippen LogP contribution < -0.4 is 30.6 Å². The molecule has 0 aliphatic rings. The molecule has 0 saturated heterocycles. The SMILES string of the molecule is CCCCCCCCN(CCCCCCCC)c1ccc([PH+](c2ccc(N(CCCCCCCC)CCCCCCCC)cc2)c2ccc(N(CCCCCCCC)CCCCCCCC)cc2)cc1.F[As-](F)(F)(F)(F)F. The summed E-state index contributed by atoms with van der Waals surface area (Å²) in [7, 11) is -1.23. The van der Waals surface area contributed by atoms with Crippen molar-refractivity contribution in [3.05, 3.63) is 72.8 Å². The van der Waals surface area contributed by atoms with E-state index < -0.39 is 22.1 Å². The molecule has 0 heterocycles. The predicted octanol–water partition coefficient (Wildman–Crippen LogP) is 21.9. The molecule has 446 valence electrons. The maximum atomic E-state index is 9.91. The van der Waals surface area contributed by atoms with Crippen LogP contribution in [-0.2, 0) is 0 Å². The Kier molecular flexibility index (Phi) is 38.2. The van der Waals surface area contributed by atoms with Crippen LogP contribution in [0.2, 0.25) is 0 Å². The first-order chi connectivity index (χ1) is 37.0. The van der Waals surface area contributed by atoms with Gasteiger partial charge in [0.2, 0.25) is 0 Å². The van der Waals surface area contributed by atoms with Crippen LogP contribution in [0.15, 0.2) is 72.8 Å². The molecule has 3 rings (SSSR count). The normalized spacial score (nSPS) is 12.6. The monoisotopic (exact) mass is 1170 g/mol. The van der Waals surface area contributed by atoms with E-state index in [2.05, 4.69) is 129 Å². The van der Waals surface area contributed by atoms with Crippen molar-refractivity contribution in [2.45, 2.75) is 273 Å². The zero-order valence-corrected chi connectivity index (χ0v) is 53.1. The molecule has 0 amide bonds.